The molecule has 0 bridgehead atoms. The highest BCUT2D eigenvalue weighted by atomic mass is 127. The molecule has 154 valence electrons. The summed E-state index contributed by atoms with van der Waals surface area (Å²) in [4.78, 5) is 11.1. The minimum absolute atomic E-state index is 0. The molecule has 1 aliphatic rings. The Labute approximate surface area is 185 Å². The maximum Gasteiger partial charge on any atom is 0.191 e. The van der Waals surface area contributed by atoms with Crippen LogP contribution in [0.2, 0.25) is 0 Å². The minimum atomic E-state index is 0. The second-order valence-electron chi connectivity index (χ2n) is 7.09. The number of nitrogens with one attached hydrogen (secondary N) is 2. The van der Waals surface area contributed by atoms with Crippen LogP contribution in [-0.2, 0) is 26.7 Å². The molecule has 2 N–H and O–H groups in total. The average molecular weight is 497 g/mol. The molecule has 0 unspecified atom stereocenters. The van der Waals surface area contributed by atoms with Crippen LogP contribution in [0.4, 0.5) is 0 Å². The number of guanidine groups is 1. The molecule has 1 aliphatic heterocycles. The Morgan fingerprint density at radius 3 is 2.25 bits per heavy atom. The first-order valence-corrected chi connectivity index (χ1v) is 9.82. The van der Waals surface area contributed by atoms with Crippen LogP contribution in [0.5, 0.6) is 0 Å². The van der Waals surface area contributed by atoms with Crippen molar-refractivity contribution >= 4 is 29.9 Å². The molecule has 2 heterocycles. The predicted molar refractivity (Wildman–Crippen MR) is 124 cm³/mol. The molecule has 8 heteroatoms. The Kier molecular flexibility index (Phi) is 9.69. The first-order valence-electron chi connectivity index (χ1n) is 9.82. The van der Waals surface area contributed by atoms with E-state index < -0.39 is 0 Å². The quantitative estimate of drug-likeness (QED) is 0.365. The molecular weight excluding hydrogens is 465 g/mol. The zero-order chi connectivity index (χ0) is 18.9. The van der Waals surface area contributed by atoms with Crippen LogP contribution in [0, 0.1) is 0 Å². The van der Waals surface area contributed by atoms with Crippen molar-refractivity contribution in [1.29, 1.82) is 0 Å². The van der Waals surface area contributed by atoms with Crippen LogP contribution in [0.3, 0.4) is 0 Å². The maximum absolute atomic E-state index is 4.27. The summed E-state index contributed by atoms with van der Waals surface area (Å²) < 4.78 is 1.75. The molecule has 0 spiro atoms. The molecule has 1 aromatic heterocycles. The van der Waals surface area contributed by atoms with Crippen LogP contribution in [-0.4, -0.2) is 45.8 Å². The summed E-state index contributed by atoms with van der Waals surface area (Å²) in [6.07, 6.45) is 6.99. The lowest BCUT2D eigenvalue weighted by atomic mass is 10.1. The molecule has 0 atom stereocenters. The number of aryl methyl sites for hydroxylation is 1. The maximum atomic E-state index is 4.27. The number of hydrogen-bond acceptors (Lipinski definition) is 4. The summed E-state index contributed by atoms with van der Waals surface area (Å²) in [6, 6.07) is 8.90. The van der Waals surface area contributed by atoms with E-state index in [9.17, 15) is 0 Å². The van der Waals surface area contributed by atoms with Gasteiger partial charge in [-0.15, -0.1) is 24.0 Å². The zero-order valence-corrected chi connectivity index (χ0v) is 19.2. The van der Waals surface area contributed by atoms with Gasteiger partial charge < -0.3 is 10.6 Å². The van der Waals surface area contributed by atoms with E-state index in [1.165, 1.54) is 49.9 Å². The first kappa shape index (κ1) is 22.6. The lowest BCUT2D eigenvalue weighted by Crippen LogP contribution is -2.36. The second-order valence-corrected chi connectivity index (χ2v) is 7.09. The Bertz CT molecular complexity index is 718. The van der Waals surface area contributed by atoms with E-state index in [2.05, 4.69) is 54.9 Å². The van der Waals surface area contributed by atoms with Crippen LogP contribution < -0.4 is 10.6 Å². The first-order chi connectivity index (χ1) is 13.2. The summed E-state index contributed by atoms with van der Waals surface area (Å²) >= 11 is 0. The van der Waals surface area contributed by atoms with Gasteiger partial charge in [-0.3, -0.25) is 14.6 Å². The van der Waals surface area contributed by atoms with E-state index in [4.69, 9.17) is 0 Å². The molecule has 3 rings (SSSR count). The molecule has 0 saturated carbocycles. The fraction of sp³-hybridized carbons (Fsp3) is 0.550. The lowest BCUT2D eigenvalue weighted by molar-refractivity contribution is 0.277. The van der Waals surface area contributed by atoms with Crippen molar-refractivity contribution in [3.8, 4) is 0 Å². The molecule has 0 amide bonds. The standard InChI is InChI=1S/C20H31N7.HI/c1-21-20(23-14-19-24-16-25-26(19)2)22-13-17-7-9-18(10-8-17)15-27-11-5-3-4-6-12-27;/h7-10,16H,3-6,11-15H2,1-2H3,(H2,21,22,23);1H. The molecule has 7 nitrogen and oxygen atoms in total. The Balaban J connectivity index is 0.00000280. The van der Waals surface area contributed by atoms with E-state index in [0.29, 0.717) is 6.54 Å². The molecule has 1 fully saturated rings. The normalized spacial score (nSPS) is 15.6. The number of benzene rings is 1. The number of likely N-dealkylation sites (tertiary alicyclic amines) is 1. The summed E-state index contributed by atoms with van der Waals surface area (Å²) in [5, 5.41) is 10.7. The third kappa shape index (κ3) is 7.05. The van der Waals surface area contributed by atoms with Gasteiger partial charge >= 0.3 is 0 Å². The smallest absolute Gasteiger partial charge is 0.191 e. The third-order valence-electron chi connectivity index (χ3n) is 5.03. The van der Waals surface area contributed by atoms with Crippen molar-refractivity contribution in [1.82, 2.24) is 30.3 Å². The second kappa shape index (κ2) is 12.0. The summed E-state index contributed by atoms with van der Waals surface area (Å²) in [7, 11) is 3.66. The summed E-state index contributed by atoms with van der Waals surface area (Å²) in [6.45, 7) is 4.86. The number of aromatic nitrogens is 3. The van der Waals surface area contributed by atoms with Crippen molar-refractivity contribution in [2.24, 2.45) is 12.0 Å². The van der Waals surface area contributed by atoms with Crippen molar-refractivity contribution in [2.45, 2.75) is 45.3 Å². The average Bonchev–Trinajstić information content (AvgIpc) is 2.93. The lowest BCUT2D eigenvalue weighted by Gasteiger charge is -2.20. The van der Waals surface area contributed by atoms with Crippen molar-refractivity contribution in [3.05, 3.63) is 47.5 Å². The highest BCUT2D eigenvalue weighted by molar-refractivity contribution is 14.0. The molecule has 0 aliphatic carbocycles. The molecule has 28 heavy (non-hydrogen) atoms. The third-order valence-corrected chi connectivity index (χ3v) is 5.03. The van der Waals surface area contributed by atoms with Gasteiger partial charge in [-0.25, -0.2) is 4.98 Å². The number of aliphatic imine (C=N–C) groups is 1. The van der Waals surface area contributed by atoms with Gasteiger partial charge in [0.25, 0.3) is 0 Å². The van der Waals surface area contributed by atoms with Crippen LogP contribution in [0.25, 0.3) is 0 Å². The van der Waals surface area contributed by atoms with Crippen molar-refractivity contribution in [2.75, 3.05) is 20.1 Å². The topological polar surface area (TPSA) is 70.4 Å². The molecule has 1 saturated heterocycles. The van der Waals surface area contributed by atoms with Crippen LogP contribution >= 0.6 is 24.0 Å². The van der Waals surface area contributed by atoms with E-state index >= 15 is 0 Å². The van der Waals surface area contributed by atoms with E-state index in [-0.39, 0.29) is 24.0 Å². The van der Waals surface area contributed by atoms with Gasteiger partial charge in [0.1, 0.15) is 12.2 Å². The molecule has 2 aromatic rings. The van der Waals surface area contributed by atoms with Gasteiger partial charge in [-0.05, 0) is 37.1 Å². The molecule has 1 aromatic carbocycles. The highest BCUT2D eigenvalue weighted by Gasteiger charge is 2.09. The number of halogens is 1. The molecular formula is C20H32IN7. The van der Waals surface area contributed by atoms with E-state index in [0.717, 1.165) is 24.9 Å². The van der Waals surface area contributed by atoms with E-state index in [1.54, 1.807) is 18.1 Å². The van der Waals surface area contributed by atoms with E-state index in [1.807, 2.05) is 7.05 Å². The van der Waals surface area contributed by atoms with Crippen LogP contribution in [0.1, 0.15) is 42.6 Å². The monoisotopic (exact) mass is 497 g/mol. The Hall–Kier alpha value is -1.68. The SMILES string of the molecule is CN=C(NCc1ccc(CN2CCCCCC2)cc1)NCc1ncnn1C.I. The largest absolute Gasteiger partial charge is 0.352 e. The van der Waals surface area contributed by atoms with Gasteiger partial charge in [0.15, 0.2) is 5.96 Å². The predicted octanol–water partition coefficient (Wildman–Crippen LogP) is 2.67. The van der Waals surface area contributed by atoms with Crippen LogP contribution in [0.15, 0.2) is 35.6 Å². The highest BCUT2D eigenvalue weighted by Crippen LogP contribution is 2.13. The number of rotatable bonds is 6. The summed E-state index contributed by atoms with van der Waals surface area (Å²) in [5.74, 6) is 1.63. The van der Waals surface area contributed by atoms with Crippen molar-refractivity contribution in [3.63, 3.8) is 0 Å². The van der Waals surface area contributed by atoms with Gasteiger partial charge in [0.2, 0.25) is 0 Å². The fourth-order valence-corrected chi connectivity index (χ4v) is 3.36. The van der Waals surface area contributed by atoms with Gasteiger partial charge in [-0.1, -0.05) is 37.1 Å². The fourth-order valence-electron chi connectivity index (χ4n) is 3.36. The molecule has 0 radical (unpaired) electrons. The Morgan fingerprint density at radius 2 is 1.64 bits per heavy atom. The van der Waals surface area contributed by atoms with Gasteiger partial charge in [0.05, 0.1) is 6.54 Å². The Morgan fingerprint density at radius 1 is 1.00 bits per heavy atom. The van der Waals surface area contributed by atoms with Crippen molar-refractivity contribution < 1.29 is 0 Å². The van der Waals surface area contributed by atoms with Gasteiger partial charge in [0, 0.05) is 27.2 Å². The zero-order valence-electron chi connectivity index (χ0n) is 16.9. The minimum Gasteiger partial charge on any atom is -0.352 e. The van der Waals surface area contributed by atoms with Gasteiger partial charge in [-0.2, -0.15) is 5.10 Å². The number of hydrogen-bond donors (Lipinski definition) is 2. The number of nitrogens with zero attached hydrogens (tertiary/aromatic N) is 5. The summed E-state index contributed by atoms with van der Waals surface area (Å²) in [5.41, 5.74) is 2.64.